The molecule has 1 aliphatic carbocycles. The first-order valence-corrected chi connectivity index (χ1v) is 7.36. The molecule has 2 amide bonds. The van der Waals surface area contributed by atoms with Crippen LogP contribution in [0.1, 0.15) is 25.5 Å². The standard InChI is InChI=1S/C15H23N3O4/c1-4-22-11-7-15(20,8-11)9-16-14(19)18-12-5-6-13(21-3)17-10(12)2/h5-6,11,20H,4,7-9H2,1-3H3,(H2,16,18,19). The van der Waals surface area contributed by atoms with Crippen LogP contribution in [0, 0.1) is 6.92 Å². The summed E-state index contributed by atoms with van der Waals surface area (Å²) in [5, 5.41) is 15.6. The van der Waals surface area contributed by atoms with Gasteiger partial charge in [0.25, 0.3) is 0 Å². The van der Waals surface area contributed by atoms with Crippen LogP contribution in [0.2, 0.25) is 0 Å². The van der Waals surface area contributed by atoms with Crippen molar-refractivity contribution in [3.63, 3.8) is 0 Å². The van der Waals surface area contributed by atoms with Gasteiger partial charge in [0.15, 0.2) is 0 Å². The van der Waals surface area contributed by atoms with Crippen LogP contribution in [0.3, 0.4) is 0 Å². The average Bonchev–Trinajstić information content (AvgIpc) is 2.46. The number of aromatic nitrogens is 1. The number of anilines is 1. The van der Waals surface area contributed by atoms with E-state index in [4.69, 9.17) is 9.47 Å². The van der Waals surface area contributed by atoms with E-state index in [0.29, 0.717) is 36.7 Å². The monoisotopic (exact) mass is 309 g/mol. The van der Waals surface area contributed by atoms with Gasteiger partial charge in [-0.15, -0.1) is 0 Å². The summed E-state index contributed by atoms with van der Waals surface area (Å²) in [5.74, 6) is 0.495. The first-order valence-electron chi connectivity index (χ1n) is 7.36. The Morgan fingerprint density at radius 1 is 1.50 bits per heavy atom. The van der Waals surface area contributed by atoms with E-state index in [1.807, 2.05) is 6.92 Å². The third-order valence-electron chi connectivity index (χ3n) is 3.71. The zero-order chi connectivity index (χ0) is 16.2. The number of urea groups is 1. The number of ether oxygens (including phenoxy) is 2. The molecule has 0 aromatic carbocycles. The van der Waals surface area contributed by atoms with Gasteiger partial charge >= 0.3 is 6.03 Å². The van der Waals surface area contributed by atoms with Crippen LogP contribution >= 0.6 is 0 Å². The van der Waals surface area contributed by atoms with Gasteiger partial charge in [0.05, 0.1) is 30.2 Å². The minimum absolute atomic E-state index is 0.0906. The van der Waals surface area contributed by atoms with E-state index >= 15 is 0 Å². The summed E-state index contributed by atoms with van der Waals surface area (Å²) in [5.41, 5.74) is 0.393. The Kier molecular flexibility index (Phi) is 5.20. The van der Waals surface area contributed by atoms with E-state index in [0.717, 1.165) is 0 Å². The molecular weight excluding hydrogens is 286 g/mol. The molecule has 0 spiro atoms. The highest BCUT2D eigenvalue weighted by Gasteiger charge is 2.43. The maximum absolute atomic E-state index is 11.9. The molecule has 7 heteroatoms. The van der Waals surface area contributed by atoms with Crippen molar-refractivity contribution in [2.45, 2.75) is 38.4 Å². The normalized spacial score (nSPS) is 23.5. The maximum Gasteiger partial charge on any atom is 0.319 e. The predicted octanol–water partition coefficient (Wildman–Crippen LogP) is 1.45. The van der Waals surface area contributed by atoms with E-state index in [9.17, 15) is 9.90 Å². The molecule has 0 unspecified atom stereocenters. The van der Waals surface area contributed by atoms with Crippen molar-refractivity contribution in [2.24, 2.45) is 0 Å². The molecule has 22 heavy (non-hydrogen) atoms. The van der Waals surface area contributed by atoms with Crippen molar-refractivity contribution in [3.8, 4) is 5.88 Å². The first-order chi connectivity index (χ1) is 10.5. The number of pyridine rings is 1. The zero-order valence-corrected chi connectivity index (χ0v) is 13.2. The molecule has 1 aromatic rings. The summed E-state index contributed by atoms with van der Waals surface area (Å²) in [7, 11) is 1.54. The van der Waals surface area contributed by atoms with Gasteiger partial charge in [-0.3, -0.25) is 0 Å². The number of nitrogens with one attached hydrogen (secondary N) is 2. The van der Waals surface area contributed by atoms with Gasteiger partial charge in [0.2, 0.25) is 5.88 Å². The van der Waals surface area contributed by atoms with Gasteiger partial charge in [0, 0.05) is 32.1 Å². The number of hydrogen-bond acceptors (Lipinski definition) is 5. The summed E-state index contributed by atoms with van der Waals surface area (Å²) < 4.78 is 10.4. The third-order valence-corrected chi connectivity index (χ3v) is 3.71. The number of aryl methyl sites for hydroxylation is 1. The van der Waals surface area contributed by atoms with Gasteiger partial charge in [-0.1, -0.05) is 0 Å². The molecule has 0 radical (unpaired) electrons. The fraction of sp³-hybridized carbons (Fsp3) is 0.600. The Labute approximate surface area is 130 Å². The number of rotatable bonds is 6. The van der Waals surface area contributed by atoms with Crippen LogP contribution in [0.4, 0.5) is 10.5 Å². The van der Waals surface area contributed by atoms with Crippen LogP contribution in [-0.4, -0.2) is 48.1 Å². The Hall–Kier alpha value is -1.86. The van der Waals surface area contributed by atoms with Crippen LogP contribution in [0.15, 0.2) is 12.1 Å². The predicted molar refractivity (Wildman–Crippen MR) is 82.1 cm³/mol. The molecule has 1 heterocycles. The highest BCUT2D eigenvalue weighted by atomic mass is 16.5. The molecule has 7 nitrogen and oxygen atoms in total. The molecule has 2 rings (SSSR count). The number of hydrogen-bond donors (Lipinski definition) is 3. The van der Waals surface area contributed by atoms with Gasteiger partial charge in [-0.25, -0.2) is 9.78 Å². The summed E-state index contributed by atoms with van der Waals surface area (Å²) in [6, 6.07) is 3.03. The Morgan fingerprint density at radius 3 is 2.82 bits per heavy atom. The molecule has 1 aromatic heterocycles. The van der Waals surface area contributed by atoms with E-state index in [1.54, 1.807) is 19.1 Å². The van der Waals surface area contributed by atoms with Crippen molar-refractivity contribution in [2.75, 3.05) is 25.6 Å². The molecule has 1 saturated carbocycles. The number of methoxy groups -OCH3 is 1. The summed E-state index contributed by atoms with van der Waals surface area (Å²) in [6.07, 6.45) is 1.18. The second kappa shape index (κ2) is 6.93. The van der Waals surface area contributed by atoms with Gasteiger partial charge in [-0.2, -0.15) is 0 Å². The van der Waals surface area contributed by atoms with Crippen molar-refractivity contribution >= 4 is 11.7 Å². The Morgan fingerprint density at radius 2 is 2.23 bits per heavy atom. The molecule has 0 aliphatic heterocycles. The Bertz CT molecular complexity index is 530. The highest BCUT2D eigenvalue weighted by molar-refractivity contribution is 5.89. The molecule has 0 atom stereocenters. The summed E-state index contributed by atoms with van der Waals surface area (Å²) in [6.45, 7) is 4.54. The molecule has 1 aliphatic rings. The van der Waals surface area contributed by atoms with Crippen molar-refractivity contribution in [1.82, 2.24) is 10.3 Å². The molecule has 1 fully saturated rings. The summed E-state index contributed by atoms with van der Waals surface area (Å²) >= 11 is 0. The van der Waals surface area contributed by atoms with Gasteiger partial charge in [-0.05, 0) is 19.9 Å². The lowest BCUT2D eigenvalue weighted by Crippen LogP contribution is -2.55. The second-order valence-corrected chi connectivity index (χ2v) is 5.50. The highest BCUT2D eigenvalue weighted by Crippen LogP contribution is 2.33. The number of amides is 2. The van der Waals surface area contributed by atoms with Crippen molar-refractivity contribution < 1.29 is 19.4 Å². The van der Waals surface area contributed by atoms with E-state index < -0.39 is 5.60 Å². The van der Waals surface area contributed by atoms with Crippen molar-refractivity contribution in [3.05, 3.63) is 17.8 Å². The lowest BCUT2D eigenvalue weighted by atomic mass is 9.77. The van der Waals surface area contributed by atoms with Crippen LogP contribution in [0.25, 0.3) is 0 Å². The topological polar surface area (TPSA) is 92.7 Å². The molecule has 3 N–H and O–H groups in total. The van der Waals surface area contributed by atoms with E-state index in [-0.39, 0.29) is 18.7 Å². The molecule has 122 valence electrons. The van der Waals surface area contributed by atoms with Crippen molar-refractivity contribution in [1.29, 1.82) is 0 Å². The fourth-order valence-corrected chi connectivity index (χ4v) is 2.48. The Balaban J connectivity index is 1.79. The molecular formula is C15H23N3O4. The third kappa shape index (κ3) is 4.08. The lowest BCUT2D eigenvalue weighted by molar-refractivity contribution is -0.133. The van der Waals surface area contributed by atoms with Crippen LogP contribution in [0.5, 0.6) is 5.88 Å². The first kappa shape index (κ1) is 16.5. The lowest BCUT2D eigenvalue weighted by Gasteiger charge is -2.43. The quantitative estimate of drug-likeness (QED) is 0.739. The number of carbonyl (C=O) groups excluding carboxylic acids is 1. The molecule has 0 saturated heterocycles. The van der Waals surface area contributed by atoms with Gasteiger partial charge < -0.3 is 25.2 Å². The zero-order valence-electron chi connectivity index (χ0n) is 13.2. The SMILES string of the molecule is CCOC1CC(O)(CNC(=O)Nc2ccc(OC)nc2C)C1. The van der Waals surface area contributed by atoms with E-state index in [1.165, 1.54) is 7.11 Å². The van der Waals surface area contributed by atoms with Crippen LogP contribution in [-0.2, 0) is 4.74 Å². The largest absolute Gasteiger partial charge is 0.481 e. The number of carbonyl (C=O) groups is 1. The maximum atomic E-state index is 11.9. The smallest absolute Gasteiger partial charge is 0.319 e. The minimum Gasteiger partial charge on any atom is -0.481 e. The average molecular weight is 309 g/mol. The second-order valence-electron chi connectivity index (χ2n) is 5.50. The number of aliphatic hydroxyl groups is 1. The van der Waals surface area contributed by atoms with Crippen LogP contribution < -0.4 is 15.4 Å². The minimum atomic E-state index is -0.871. The fourth-order valence-electron chi connectivity index (χ4n) is 2.48. The van der Waals surface area contributed by atoms with Gasteiger partial charge in [0.1, 0.15) is 0 Å². The summed E-state index contributed by atoms with van der Waals surface area (Å²) in [4.78, 5) is 16.1. The molecule has 0 bridgehead atoms. The number of nitrogens with zero attached hydrogens (tertiary/aromatic N) is 1. The van der Waals surface area contributed by atoms with E-state index in [2.05, 4.69) is 15.6 Å².